The van der Waals surface area contributed by atoms with Crippen LogP contribution in [0.4, 0.5) is 0 Å². The Morgan fingerprint density at radius 1 is 1.22 bits per heavy atom. The van der Waals surface area contributed by atoms with Gasteiger partial charge in [-0.25, -0.2) is 0 Å². The Labute approximate surface area is 112 Å². The second kappa shape index (κ2) is 9.06. The molecule has 0 bridgehead atoms. The van der Waals surface area contributed by atoms with Crippen LogP contribution in [-0.2, 0) is 6.42 Å². The maximum atomic E-state index is 4.03. The van der Waals surface area contributed by atoms with E-state index in [0.717, 1.165) is 38.5 Å². The van der Waals surface area contributed by atoms with E-state index in [1.54, 1.807) is 0 Å². The number of hydrogen-bond acceptors (Lipinski definition) is 3. The summed E-state index contributed by atoms with van der Waals surface area (Å²) >= 11 is 0. The van der Waals surface area contributed by atoms with E-state index in [9.17, 15) is 0 Å². The molecular formula is C15H27N3. The van der Waals surface area contributed by atoms with Crippen LogP contribution in [0, 0.1) is 5.92 Å². The number of aromatic nitrogens is 1. The standard InChI is InChI=1S/C15H27N3/c1-14(2)13-17-10-12-18(3)11-4-5-15-6-8-16-9-7-15/h6-9,14,17H,4-5,10-13H2,1-3H3. The Hall–Kier alpha value is -0.930. The van der Waals surface area contributed by atoms with Crippen LogP contribution < -0.4 is 5.32 Å². The summed E-state index contributed by atoms with van der Waals surface area (Å²) in [5, 5.41) is 3.47. The van der Waals surface area contributed by atoms with Crippen molar-refractivity contribution in [3.8, 4) is 0 Å². The minimum Gasteiger partial charge on any atom is -0.315 e. The lowest BCUT2D eigenvalue weighted by molar-refractivity contribution is 0.324. The largest absolute Gasteiger partial charge is 0.315 e. The van der Waals surface area contributed by atoms with Crippen LogP contribution in [0.3, 0.4) is 0 Å². The van der Waals surface area contributed by atoms with Gasteiger partial charge in [0.25, 0.3) is 0 Å². The lowest BCUT2D eigenvalue weighted by Crippen LogP contribution is -2.31. The van der Waals surface area contributed by atoms with Crippen LogP contribution in [-0.4, -0.2) is 43.1 Å². The number of nitrogens with one attached hydrogen (secondary N) is 1. The van der Waals surface area contributed by atoms with Crippen molar-refractivity contribution in [2.75, 3.05) is 33.2 Å². The molecule has 0 aliphatic carbocycles. The summed E-state index contributed by atoms with van der Waals surface area (Å²) in [5.74, 6) is 0.738. The first kappa shape index (κ1) is 15.1. The molecule has 3 nitrogen and oxygen atoms in total. The fourth-order valence-electron chi connectivity index (χ4n) is 1.88. The quantitative estimate of drug-likeness (QED) is 0.680. The van der Waals surface area contributed by atoms with E-state index in [0.29, 0.717) is 0 Å². The van der Waals surface area contributed by atoms with Gasteiger partial charge in [0.15, 0.2) is 0 Å². The highest BCUT2D eigenvalue weighted by molar-refractivity contribution is 5.09. The summed E-state index contributed by atoms with van der Waals surface area (Å²) in [6.45, 7) is 8.97. The average Bonchev–Trinajstić information content (AvgIpc) is 2.36. The Bertz CT molecular complexity index is 298. The van der Waals surface area contributed by atoms with Gasteiger partial charge in [-0.3, -0.25) is 4.98 Å². The van der Waals surface area contributed by atoms with Gasteiger partial charge in [-0.1, -0.05) is 13.8 Å². The molecule has 0 aromatic carbocycles. The van der Waals surface area contributed by atoms with Gasteiger partial charge < -0.3 is 10.2 Å². The van der Waals surface area contributed by atoms with E-state index in [4.69, 9.17) is 0 Å². The highest BCUT2D eigenvalue weighted by Crippen LogP contribution is 2.01. The molecule has 1 aromatic rings. The van der Waals surface area contributed by atoms with Crippen molar-refractivity contribution in [2.24, 2.45) is 5.92 Å². The molecule has 1 rings (SSSR count). The molecule has 102 valence electrons. The normalized spacial score (nSPS) is 11.4. The maximum absolute atomic E-state index is 4.03. The smallest absolute Gasteiger partial charge is 0.0270 e. The first-order chi connectivity index (χ1) is 8.68. The van der Waals surface area contributed by atoms with E-state index >= 15 is 0 Å². The predicted octanol–water partition coefficient (Wildman–Crippen LogP) is 2.19. The van der Waals surface area contributed by atoms with Gasteiger partial charge in [-0.2, -0.15) is 0 Å². The summed E-state index contributed by atoms with van der Waals surface area (Å²) < 4.78 is 0. The van der Waals surface area contributed by atoms with Crippen LogP contribution in [0.1, 0.15) is 25.8 Å². The van der Waals surface area contributed by atoms with E-state index in [2.05, 4.69) is 48.2 Å². The molecule has 0 aliphatic heterocycles. The lowest BCUT2D eigenvalue weighted by Gasteiger charge is -2.17. The number of nitrogens with zero attached hydrogens (tertiary/aromatic N) is 2. The van der Waals surface area contributed by atoms with Gasteiger partial charge in [0.05, 0.1) is 0 Å². The molecule has 0 saturated heterocycles. The third-order valence-corrected chi connectivity index (χ3v) is 2.98. The van der Waals surface area contributed by atoms with Crippen LogP contribution in [0.5, 0.6) is 0 Å². The second-order valence-electron chi connectivity index (χ2n) is 5.36. The summed E-state index contributed by atoms with van der Waals surface area (Å²) in [5.41, 5.74) is 1.39. The van der Waals surface area contributed by atoms with Gasteiger partial charge in [0, 0.05) is 25.5 Å². The molecule has 0 amide bonds. The SMILES string of the molecule is CC(C)CNCCN(C)CCCc1ccncc1. The van der Waals surface area contributed by atoms with E-state index < -0.39 is 0 Å². The number of hydrogen-bond donors (Lipinski definition) is 1. The fraction of sp³-hybridized carbons (Fsp3) is 0.667. The first-order valence-corrected chi connectivity index (χ1v) is 6.96. The van der Waals surface area contributed by atoms with Crippen molar-refractivity contribution in [3.05, 3.63) is 30.1 Å². The minimum atomic E-state index is 0.738. The first-order valence-electron chi connectivity index (χ1n) is 6.96. The molecule has 0 saturated carbocycles. The summed E-state index contributed by atoms with van der Waals surface area (Å²) in [7, 11) is 2.20. The number of aryl methyl sites for hydroxylation is 1. The van der Waals surface area contributed by atoms with Gasteiger partial charge in [-0.15, -0.1) is 0 Å². The molecule has 1 N–H and O–H groups in total. The van der Waals surface area contributed by atoms with Crippen molar-refractivity contribution in [1.82, 2.24) is 15.2 Å². The van der Waals surface area contributed by atoms with Crippen molar-refractivity contribution < 1.29 is 0 Å². The molecular weight excluding hydrogens is 222 g/mol. The van der Waals surface area contributed by atoms with E-state index in [1.165, 1.54) is 12.0 Å². The van der Waals surface area contributed by atoms with Crippen molar-refractivity contribution in [3.63, 3.8) is 0 Å². The predicted molar refractivity (Wildman–Crippen MR) is 77.8 cm³/mol. The monoisotopic (exact) mass is 249 g/mol. The van der Waals surface area contributed by atoms with Crippen LogP contribution in [0.15, 0.2) is 24.5 Å². The Morgan fingerprint density at radius 2 is 1.94 bits per heavy atom. The molecule has 0 fully saturated rings. The zero-order valence-corrected chi connectivity index (χ0v) is 12.0. The zero-order chi connectivity index (χ0) is 13.2. The highest BCUT2D eigenvalue weighted by atomic mass is 15.1. The molecule has 3 heteroatoms. The van der Waals surface area contributed by atoms with Gasteiger partial charge >= 0.3 is 0 Å². The molecule has 0 radical (unpaired) electrons. The molecule has 0 aliphatic rings. The number of likely N-dealkylation sites (N-methyl/N-ethyl adjacent to an activating group) is 1. The molecule has 0 spiro atoms. The molecule has 1 heterocycles. The molecule has 1 aromatic heterocycles. The Kier molecular flexibility index (Phi) is 7.62. The third-order valence-electron chi connectivity index (χ3n) is 2.98. The zero-order valence-electron chi connectivity index (χ0n) is 12.0. The van der Waals surface area contributed by atoms with E-state index in [1.807, 2.05) is 12.4 Å². The van der Waals surface area contributed by atoms with Gasteiger partial charge in [0.1, 0.15) is 0 Å². The van der Waals surface area contributed by atoms with Crippen LogP contribution >= 0.6 is 0 Å². The molecule has 0 unspecified atom stereocenters. The summed E-state index contributed by atoms with van der Waals surface area (Å²) in [4.78, 5) is 6.43. The fourth-order valence-corrected chi connectivity index (χ4v) is 1.88. The Morgan fingerprint density at radius 3 is 2.61 bits per heavy atom. The van der Waals surface area contributed by atoms with Crippen molar-refractivity contribution in [2.45, 2.75) is 26.7 Å². The second-order valence-corrected chi connectivity index (χ2v) is 5.36. The Balaban J connectivity index is 2.01. The maximum Gasteiger partial charge on any atom is 0.0270 e. The lowest BCUT2D eigenvalue weighted by atomic mass is 10.1. The van der Waals surface area contributed by atoms with Crippen molar-refractivity contribution >= 4 is 0 Å². The highest BCUT2D eigenvalue weighted by Gasteiger charge is 1.99. The molecule has 0 atom stereocenters. The molecule has 18 heavy (non-hydrogen) atoms. The van der Waals surface area contributed by atoms with Crippen molar-refractivity contribution in [1.29, 1.82) is 0 Å². The summed E-state index contributed by atoms with van der Waals surface area (Å²) in [6.07, 6.45) is 6.10. The third kappa shape index (κ3) is 7.41. The van der Waals surface area contributed by atoms with Gasteiger partial charge in [-0.05, 0) is 56.6 Å². The average molecular weight is 249 g/mol. The van der Waals surface area contributed by atoms with Crippen LogP contribution in [0.2, 0.25) is 0 Å². The summed E-state index contributed by atoms with van der Waals surface area (Å²) in [6, 6.07) is 4.20. The topological polar surface area (TPSA) is 28.2 Å². The van der Waals surface area contributed by atoms with Gasteiger partial charge in [0.2, 0.25) is 0 Å². The minimum absolute atomic E-state index is 0.738. The van der Waals surface area contributed by atoms with E-state index in [-0.39, 0.29) is 0 Å². The number of rotatable bonds is 9. The number of pyridine rings is 1. The van der Waals surface area contributed by atoms with Crippen LogP contribution in [0.25, 0.3) is 0 Å².